The van der Waals surface area contributed by atoms with Crippen LogP contribution in [0.15, 0.2) is 53.1 Å². The van der Waals surface area contributed by atoms with E-state index in [1.807, 2.05) is 43.3 Å². The highest BCUT2D eigenvalue weighted by Gasteiger charge is 2.18. The molecule has 3 nitrogen and oxygen atoms in total. The van der Waals surface area contributed by atoms with E-state index in [9.17, 15) is 0 Å². The summed E-state index contributed by atoms with van der Waals surface area (Å²) in [6.45, 7) is 2.04. The van der Waals surface area contributed by atoms with Crippen molar-refractivity contribution in [2.24, 2.45) is 5.73 Å². The molecule has 0 aliphatic heterocycles. The van der Waals surface area contributed by atoms with E-state index in [1.54, 1.807) is 13.4 Å². The average molecular weight is 267 g/mol. The van der Waals surface area contributed by atoms with Gasteiger partial charge in [0.05, 0.1) is 19.4 Å². The van der Waals surface area contributed by atoms with Gasteiger partial charge in [-0.15, -0.1) is 0 Å². The first-order valence-electron chi connectivity index (χ1n) is 6.57. The standard InChI is InChI=1S/C17H17NO2/c1-11-7-8-15(19-2)13(9-11)17(18)14-10-20-16-6-4-3-5-12(14)16/h3-10,17H,18H2,1-2H3. The summed E-state index contributed by atoms with van der Waals surface area (Å²) in [5.74, 6) is 0.799. The molecule has 0 saturated carbocycles. The van der Waals surface area contributed by atoms with Gasteiger partial charge in [0, 0.05) is 16.5 Å². The molecule has 1 heterocycles. The summed E-state index contributed by atoms with van der Waals surface area (Å²) >= 11 is 0. The topological polar surface area (TPSA) is 48.4 Å². The molecule has 1 unspecified atom stereocenters. The number of hydrogen-bond acceptors (Lipinski definition) is 3. The Balaban J connectivity index is 2.13. The number of ether oxygens (including phenoxy) is 1. The van der Waals surface area contributed by atoms with E-state index in [4.69, 9.17) is 14.9 Å². The molecule has 0 aliphatic rings. The SMILES string of the molecule is COc1ccc(C)cc1C(N)c1coc2ccccc12. The Labute approximate surface area is 118 Å². The number of para-hydroxylation sites is 1. The quantitative estimate of drug-likeness (QED) is 0.785. The summed E-state index contributed by atoms with van der Waals surface area (Å²) in [7, 11) is 1.66. The first-order chi connectivity index (χ1) is 9.70. The van der Waals surface area contributed by atoms with Gasteiger partial charge in [-0.1, -0.05) is 35.9 Å². The average Bonchev–Trinajstić information content (AvgIpc) is 2.90. The maximum absolute atomic E-state index is 6.43. The normalized spacial score (nSPS) is 12.6. The van der Waals surface area contributed by atoms with Gasteiger partial charge in [-0.2, -0.15) is 0 Å². The molecule has 3 rings (SSSR count). The molecule has 1 aromatic heterocycles. The van der Waals surface area contributed by atoms with Gasteiger partial charge in [-0.05, 0) is 19.1 Å². The molecule has 2 N–H and O–H groups in total. The van der Waals surface area contributed by atoms with Crippen molar-refractivity contribution in [3.63, 3.8) is 0 Å². The van der Waals surface area contributed by atoms with Gasteiger partial charge in [0.1, 0.15) is 11.3 Å². The summed E-state index contributed by atoms with van der Waals surface area (Å²) in [4.78, 5) is 0. The van der Waals surface area contributed by atoms with Crippen LogP contribution in [-0.4, -0.2) is 7.11 Å². The van der Waals surface area contributed by atoms with E-state index in [2.05, 4.69) is 6.07 Å². The molecule has 0 amide bonds. The van der Waals surface area contributed by atoms with E-state index in [-0.39, 0.29) is 6.04 Å². The highest BCUT2D eigenvalue weighted by Crippen LogP contribution is 2.33. The first-order valence-corrected chi connectivity index (χ1v) is 6.57. The van der Waals surface area contributed by atoms with Gasteiger partial charge < -0.3 is 14.9 Å². The van der Waals surface area contributed by atoms with E-state index in [0.29, 0.717) is 0 Å². The third kappa shape index (κ3) is 2.06. The van der Waals surface area contributed by atoms with Gasteiger partial charge in [0.15, 0.2) is 0 Å². The Bertz CT molecular complexity index is 746. The molecule has 0 saturated heterocycles. The Morgan fingerprint density at radius 2 is 1.90 bits per heavy atom. The van der Waals surface area contributed by atoms with Crippen molar-refractivity contribution < 1.29 is 9.15 Å². The Morgan fingerprint density at radius 3 is 2.70 bits per heavy atom. The lowest BCUT2D eigenvalue weighted by Crippen LogP contribution is -2.12. The van der Waals surface area contributed by atoms with Crippen LogP contribution in [0.2, 0.25) is 0 Å². The van der Waals surface area contributed by atoms with Crippen molar-refractivity contribution in [3.05, 3.63) is 65.4 Å². The smallest absolute Gasteiger partial charge is 0.134 e. The fourth-order valence-electron chi connectivity index (χ4n) is 2.50. The van der Waals surface area contributed by atoms with Crippen molar-refractivity contribution in [3.8, 4) is 5.75 Å². The maximum atomic E-state index is 6.43. The Hall–Kier alpha value is -2.26. The first kappa shape index (κ1) is 12.8. The lowest BCUT2D eigenvalue weighted by atomic mass is 9.97. The molecule has 0 radical (unpaired) electrons. The van der Waals surface area contributed by atoms with E-state index >= 15 is 0 Å². The van der Waals surface area contributed by atoms with Crippen molar-refractivity contribution in [1.82, 2.24) is 0 Å². The number of furan rings is 1. The second-order valence-corrected chi connectivity index (χ2v) is 4.91. The molecule has 20 heavy (non-hydrogen) atoms. The van der Waals surface area contributed by atoms with Crippen LogP contribution in [0.5, 0.6) is 5.75 Å². The summed E-state index contributed by atoms with van der Waals surface area (Å²) in [5.41, 5.74) is 10.4. The Kier molecular flexibility index (Phi) is 3.20. The van der Waals surface area contributed by atoms with Gasteiger partial charge in [0.25, 0.3) is 0 Å². The van der Waals surface area contributed by atoms with Crippen molar-refractivity contribution in [1.29, 1.82) is 0 Å². The van der Waals surface area contributed by atoms with Crippen LogP contribution in [0.1, 0.15) is 22.7 Å². The molecular formula is C17H17NO2. The van der Waals surface area contributed by atoms with Crippen LogP contribution < -0.4 is 10.5 Å². The van der Waals surface area contributed by atoms with Crippen LogP contribution in [0.3, 0.4) is 0 Å². The number of fused-ring (bicyclic) bond motifs is 1. The fourth-order valence-corrected chi connectivity index (χ4v) is 2.50. The minimum Gasteiger partial charge on any atom is -0.496 e. The number of hydrogen-bond donors (Lipinski definition) is 1. The molecule has 3 heteroatoms. The lowest BCUT2D eigenvalue weighted by Gasteiger charge is -2.15. The summed E-state index contributed by atoms with van der Waals surface area (Å²) in [5, 5.41) is 1.04. The van der Waals surface area contributed by atoms with Gasteiger partial charge >= 0.3 is 0 Å². The maximum Gasteiger partial charge on any atom is 0.134 e. The molecule has 0 bridgehead atoms. The highest BCUT2D eigenvalue weighted by molar-refractivity contribution is 5.82. The van der Waals surface area contributed by atoms with E-state index < -0.39 is 0 Å². The zero-order chi connectivity index (χ0) is 14.1. The van der Waals surface area contributed by atoms with Gasteiger partial charge in [-0.3, -0.25) is 0 Å². The molecule has 0 aliphatic carbocycles. The second-order valence-electron chi connectivity index (χ2n) is 4.91. The third-order valence-electron chi connectivity index (χ3n) is 3.57. The summed E-state index contributed by atoms with van der Waals surface area (Å²) in [6.07, 6.45) is 1.73. The molecule has 2 aromatic carbocycles. The largest absolute Gasteiger partial charge is 0.496 e. The summed E-state index contributed by atoms with van der Waals surface area (Å²) in [6, 6.07) is 13.7. The molecule has 0 spiro atoms. The minimum absolute atomic E-state index is 0.270. The fraction of sp³-hybridized carbons (Fsp3) is 0.176. The van der Waals surface area contributed by atoms with Gasteiger partial charge in [-0.25, -0.2) is 0 Å². The monoisotopic (exact) mass is 267 g/mol. The van der Waals surface area contributed by atoms with E-state index in [0.717, 1.165) is 33.4 Å². The molecule has 0 fully saturated rings. The number of benzene rings is 2. The van der Waals surface area contributed by atoms with Crippen molar-refractivity contribution in [2.45, 2.75) is 13.0 Å². The van der Waals surface area contributed by atoms with Gasteiger partial charge in [0.2, 0.25) is 0 Å². The molecule has 102 valence electrons. The van der Waals surface area contributed by atoms with Crippen LogP contribution in [0, 0.1) is 6.92 Å². The zero-order valence-corrected chi connectivity index (χ0v) is 11.6. The van der Waals surface area contributed by atoms with Crippen LogP contribution in [0.4, 0.5) is 0 Å². The molecule has 3 aromatic rings. The predicted octanol–water partition coefficient (Wildman–Crippen LogP) is 3.80. The highest BCUT2D eigenvalue weighted by atomic mass is 16.5. The number of nitrogens with two attached hydrogens (primary N) is 1. The second kappa shape index (κ2) is 5.02. The van der Waals surface area contributed by atoms with Crippen molar-refractivity contribution in [2.75, 3.05) is 7.11 Å². The van der Waals surface area contributed by atoms with Crippen LogP contribution >= 0.6 is 0 Å². The third-order valence-corrected chi connectivity index (χ3v) is 3.57. The number of rotatable bonds is 3. The van der Waals surface area contributed by atoms with Crippen molar-refractivity contribution >= 4 is 11.0 Å². The zero-order valence-electron chi connectivity index (χ0n) is 11.6. The van der Waals surface area contributed by atoms with Crippen LogP contribution in [0.25, 0.3) is 11.0 Å². The van der Waals surface area contributed by atoms with Crippen LogP contribution in [-0.2, 0) is 0 Å². The summed E-state index contributed by atoms with van der Waals surface area (Å²) < 4.78 is 11.0. The molecular weight excluding hydrogens is 250 g/mol. The minimum atomic E-state index is -0.270. The number of aryl methyl sites for hydroxylation is 1. The number of methoxy groups -OCH3 is 1. The Morgan fingerprint density at radius 1 is 1.10 bits per heavy atom. The van der Waals surface area contributed by atoms with E-state index in [1.165, 1.54) is 0 Å². The lowest BCUT2D eigenvalue weighted by molar-refractivity contribution is 0.407. The molecule has 1 atom stereocenters. The predicted molar refractivity (Wildman–Crippen MR) is 80.0 cm³/mol.